The predicted molar refractivity (Wildman–Crippen MR) is 94.1 cm³/mol. The first kappa shape index (κ1) is 16.7. The lowest BCUT2D eigenvalue weighted by molar-refractivity contribution is -0.385. The number of pyridine rings is 1. The van der Waals surface area contributed by atoms with Crippen molar-refractivity contribution in [2.75, 3.05) is 24.1 Å². The largest absolute Gasteiger partial charge is 0.399 e. The molecule has 2 heterocycles. The van der Waals surface area contributed by atoms with E-state index >= 15 is 0 Å². The van der Waals surface area contributed by atoms with Crippen LogP contribution in [0.3, 0.4) is 0 Å². The maximum atomic E-state index is 12.4. The molecule has 0 spiro atoms. The molecule has 2 aromatic rings. The van der Waals surface area contributed by atoms with Crippen LogP contribution in [0.5, 0.6) is 0 Å². The monoisotopic (exact) mass is 341 g/mol. The van der Waals surface area contributed by atoms with Gasteiger partial charge < -0.3 is 16.0 Å². The molecular formula is C17H19N5O3. The van der Waals surface area contributed by atoms with Crippen LogP contribution in [-0.4, -0.2) is 39.8 Å². The molecule has 3 rings (SSSR count). The van der Waals surface area contributed by atoms with Crippen molar-refractivity contribution in [1.82, 2.24) is 9.88 Å². The Morgan fingerprint density at radius 2 is 2.08 bits per heavy atom. The van der Waals surface area contributed by atoms with Crippen LogP contribution >= 0.6 is 0 Å². The van der Waals surface area contributed by atoms with E-state index in [0.29, 0.717) is 31.0 Å². The topological polar surface area (TPSA) is 114 Å². The van der Waals surface area contributed by atoms with Crippen molar-refractivity contribution in [2.24, 2.45) is 0 Å². The van der Waals surface area contributed by atoms with Crippen molar-refractivity contribution in [1.29, 1.82) is 0 Å². The van der Waals surface area contributed by atoms with Gasteiger partial charge in [0.05, 0.1) is 11.3 Å². The van der Waals surface area contributed by atoms with E-state index in [9.17, 15) is 14.9 Å². The summed E-state index contributed by atoms with van der Waals surface area (Å²) in [4.78, 5) is 28.4. The molecule has 1 aliphatic heterocycles. The number of carbonyl (C=O) groups is 1. The SMILES string of the molecule is Nc1ccc(CC(=O)N2CCC(Nc3ccc([N+](=O)[O-])cn3)C2)cc1. The lowest BCUT2D eigenvalue weighted by atomic mass is 10.1. The molecule has 25 heavy (non-hydrogen) atoms. The standard InChI is InChI=1S/C17H19N5O3/c18-13-3-1-12(2-4-13)9-17(23)21-8-7-14(11-21)20-16-6-5-15(10-19-16)22(24)25/h1-6,10,14H,7-9,11,18H2,(H,19,20). The number of benzene rings is 1. The van der Waals surface area contributed by atoms with Gasteiger partial charge in [0, 0.05) is 30.9 Å². The van der Waals surface area contributed by atoms with E-state index in [1.165, 1.54) is 12.3 Å². The summed E-state index contributed by atoms with van der Waals surface area (Å²) in [7, 11) is 0. The third kappa shape index (κ3) is 4.23. The maximum absolute atomic E-state index is 12.4. The fourth-order valence-corrected chi connectivity index (χ4v) is 2.82. The van der Waals surface area contributed by atoms with E-state index in [-0.39, 0.29) is 17.6 Å². The Bertz CT molecular complexity index is 761. The molecule has 0 saturated carbocycles. The number of nitrogens with zero attached hydrogens (tertiary/aromatic N) is 3. The van der Waals surface area contributed by atoms with Gasteiger partial charge >= 0.3 is 0 Å². The highest BCUT2D eigenvalue weighted by molar-refractivity contribution is 5.79. The first-order chi connectivity index (χ1) is 12.0. The van der Waals surface area contributed by atoms with Crippen LogP contribution in [0.15, 0.2) is 42.6 Å². The molecule has 1 aliphatic rings. The summed E-state index contributed by atoms with van der Waals surface area (Å²) in [5.41, 5.74) is 7.22. The average molecular weight is 341 g/mol. The number of anilines is 2. The van der Waals surface area contributed by atoms with Gasteiger partial charge in [0.1, 0.15) is 12.0 Å². The minimum absolute atomic E-state index is 0.0442. The van der Waals surface area contributed by atoms with Crippen molar-refractivity contribution in [2.45, 2.75) is 18.9 Å². The predicted octanol–water partition coefficient (Wildman–Crippen LogP) is 1.83. The second-order valence-corrected chi connectivity index (χ2v) is 6.05. The Morgan fingerprint density at radius 3 is 2.72 bits per heavy atom. The third-order valence-corrected chi connectivity index (χ3v) is 4.19. The Labute approximate surface area is 144 Å². The van der Waals surface area contributed by atoms with Crippen LogP contribution in [0.2, 0.25) is 0 Å². The van der Waals surface area contributed by atoms with Crippen molar-refractivity contribution in [3.8, 4) is 0 Å². The number of hydrogen-bond acceptors (Lipinski definition) is 6. The van der Waals surface area contributed by atoms with Gasteiger partial charge in [0.25, 0.3) is 5.69 Å². The number of amides is 1. The van der Waals surface area contributed by atoms with Crippen LogP contribution in [0.1, 0.15) is 12.0 Å². The number of likely N-dealkylation sites (tertiary alicyclic amines) is 1. The zero-order valence-corrected chi connectivity index (χ0v) is 13.6. The molecule has 8 nitrogen and oxygen atoms in total. The second kappa shape index (κ2) is 7.16. The summed E-state index contributed by atoms with van der Waals surface area (Å²) in [6.45, 7) is 1.27. The molecule has 1 aromatic heterocycles. The summed E-state index contributed by atoms with van der Waals surface area (Å²) in [5.74, 6) is 0.647. The van der Waals surface area contributed by atoms with E-state index in [0.717, 1.165) is 12.0 Å². The molecule has 1 saturated heterocycles. The van der Waals surface area contributed by atoms with Gasteiger partial charge in [-0.2, -0.15) is 0 Å². The summed E-state index contributed by atoms with van der Waals surface area (Å²) >= 11 is 0. The Morgan fingerprint density at radius 1 is 1.32 bits per heavy atom. The van der Waals surface area contributed by atoms with E-state index < -0.39 is 4.92 Å². The van der Waals surface area contributed by atoms with E-state index in [1.54, 1.807) is 18.2 Å². The molecule has 3 N–H and O–H groups in total. The minimum Gasteiger partial charge on any atom is -0.399 e. The highest BCUT2D eigenvalue weighted by atomic mass is 16.6. The van der Waals surface area contributed by atoms with Crippen molar-refractivity contribution in [3.05, 3.63) is 58.3 Å². The van der Waals surface area contributed by atoms with Gasteiger partial charge in [-0.1, -0.05) is 12.1 Å². The summed E-state index contributed by atoms with van der Waals surface area (Å²) in [5, 5.41) is 13.9. The number of carbonyl (C=O) groups excluding carboxylic acids is 1. The smallest absolute Gasteiger partial charge is 0.287 e. The van der Waals surface area contributed by atoms with Gasteiger partial charge in [-0.25, -0.2) is 4.98 Å². The number of rotatable bonds is 5. The molecule has 8 heteroatoms. The number of hydrogen-bond donors (Lipinski definition) is 2. The maximum Gasteiger partial charge on any atom is 0.287 e. The van der Waals surface area contributed by atoms with Crippen LogP contribution < -0.4 is 11.1 Å². The van der Waals surface area contributed by atoms with Crippen molar-refractivity contribution in [3.63, 3.8) is 0 Å². The Kier molecular flexibility index (Phi) is 4.78. The normalized spacial score (nSPS) is 16.6. The number of nitrogen functional groups attached to an aromatic ring is 1. The first-order valence-corrected chi connectivity index (χ1v) is 8.00. The van der Waals surface area contributed by atoms with Crippen LogP contribution in [0.25, 0.3) is 0 Å². The summed E-state index contributed by atoms with van der Waals surface area (Å²) in [6.07, 6.45) is 2.39. The van der Waals surface area contributed by atoms with E-state index in [4.69, 9.17) is 5.73 Å². The molecule has 1 aromatic carbocycles. The lowest BCUT2D eigenvalue weighted by Crippen LogP contribution is -2.32. The lowest BCUT2D eigenvalue weighted by Gasteiger charge is -2.17. The second-order valence-electron chi connectivity index (χ2n) is 6.05. The number of nitro groups is 1. The van der Waals surface area contributed by atoms with E-state index in [2.05, 4.69) is 10.3 Å². The third-order valence-electron chi connectivity index (χ3n) is 4.19. The summed E-state index contributed by atoms with van der Waals surface area (Å²) in [6, 6.07) is 10.4. The molecule has 1 amide bonds. The number of nitrogens with one attached hydrogen (secondary N) is 1. The molecule has 0 radical (unpaired) electrons. The molecular weight excluding hydrogens is 322 g/mol. The molecule has 1 unspecified atom stereocenters. The van der Waals surface area contributed by atoms with Crippen molar-refractivity contribution >= 4 is 23.1 Å². The zero-order chi connectivity index (χ0) is 17.8. The molecule has 1 fully saturated rings. The number of nitrogens with two attached hydrogens (primary N) is 1. The van der Waals surface area contributed by atoms with E-state index in [1.807, 2.05) is 17.0 Å². The fraction of sp³-hybridized carbons (Fsp3) is 0.294. The van der Waals surface area contributed by atoms with Gasteiger partial charge in [-0.05, 0) is 30.2 Å². The Balaban J connectivity index is 1.53. The quantitative estimate of drug-likeness (QED) is 0.487. The highest BCUT2D eigenvalue weighted by Gasteiger charge is 2.26. The fourth-order valence-electron chi connectivity index (χ4n) is 2.82. The van der Waals surface area contributed by atoms with Crippen LogP contribution in [0, 0.1) is 10.1 Å². The zero-order valence-electron chi connectivity index (χ0n) is 13.6. The average Bonchev–Trinajstić information content (AvgIpc) is 3.06. The summed E-state index contributed by atoms with van der Waals surface area (Å²) < 4.78 is 0. The first-order valence-electron chi connectivity index (χ1n) is 8.00. The van der Waals surface area contributed by atoms with Gasteiger partial charge in [-0.15, -0.1) is 0 Å². The Hall–Kier alpha value is -3.16. The molecule has 130 valence electrons. The van der Waals surface area contributed by atoms with Crippen molar-refractivity contribution < 1.29 is 9.72 Å². The number of aromatic nitrogens is 1. The molecule has 0 bridgehead atoms. The molecule has 0 aliphatic carbocycles. The highest BCUT2D eigenvalue weighted by Crippen LogP contribution is 2.18. The van der Waals surface area contributed by atoms with Crippen LogP contribution in [0.4, 0.5) is 17.2 Å². The molecule has 1 atom stereocenters. The minimum atomic E-state index is -0.482. The van der Waals surface area contributed by atoms with Gasteiger partial charge in [-0.3, -0.25) is 14.9 Å². The van der Waals surface area contributed by atoms with Gasteiger partial charge in [0.2, 0.25) is 5.91 Å². The van der Waals surface area contributed by atoms with Crippen LogP contribution in [-0.2, 0) is 11.2 Å². The van der Waals surface area contributed by atoms with Gasteiger partial charge in [0.15, 0.2) is 0 Å².